The van der Waals surface area contributed by atoms with Gasteiger partial charge in [0.15, 0.2) is 0 Å². The van der Waals surface area contributed by atoms with Crippen LogP contribution >= 0.6 is 0 Å². The third-order valence-electron chi connectivity index (χ3n) is 2.71. The van der Waals surface area contributed by atoms with Gasteiger partial charge in [-0.2, -0.15) is 0 Å². The minimum Gasteiger partial charge on any atom is -0.331 e. The van der Waals surface area contributed by atoms with Crippen LogP contribution in [0.1, 0.15) is 12.5 Å². The van der Waals surface area contributed by atoms with Crippen molar-refractivity contribution in [1.29, 1.82) is 0 Å². The largest absolute Gasteiger partial charge is 0.331 e. The van der Waals surface area contributed by atoms with Crippen molar-refractivity contribution in [3.05, 3.63) is 47.9 Å². The molecule has 0 aromatic carbocycles. The normalized spacial score (nSPS) is 19.5. The highest BCUT2D eigenvalue weighted by Crippen LogP contribution is 2.26. The van der Waals surface area contributed by atoms with Crippen LogP contribution in [-0.4, -0.2) is 17.3 Å². The first-order chi connectivity index (χ1) is 7.74. The molecule has 0 spiro atoms. The van der Waals surface area contributed by atoms with Crippen LogP contribution in [0, 0.1) is 6.92 Å². The zero-order valence-corrected chi connectivity index (χ0v) is 9.42. The van der Waals surface area contributed by atoms with Gasteiger partial charge in [-0.3, -0.25) is 4.98 Å². The topological polar surface area (TPSA) is 33.2 Å². The molecule has 1 atom stereocenters. The summed E-state index contributed by atoms with van der Waals surface area (Å²) in [6.45, 7) is 4.00. The van der Waals surface area contributed by atoms with E-state index in [1.165, 1.54) is 0 Å². The summed E-state index contributed by atoms with van der Waals surface area (Å²) >= 11 is 0. The molecule has 1 unspecified atom stereocenters. The van der Waals surface area contributed by atoms with Crippen molar-refractivity contribution in [2.45, 2.75) is 19.9 Å². The van der Waals surface area contributed by atoms with E-state index in [1.807, 2.05) is 49.2 Å². The summed E-state index contributed by atoms with van der Waals surface area (Å²) in [6, 6.07) is 1.72. The molecule has 0 N–H and O–H groups in total. The highest BCUT2D eigenvalue weighted by molar-refractivity contribution is 5.74. The number of nitrogens with zero attached hydrogens (tertiary/aromatic N) is 2. The molecule has 3 nitrogen and oxygen atoms in total. The number of anilines is 1. The van der Waals surface area contributed by atoms with E-state index < -0.39 is 0 Å². The van der Waals surface area contributed by atoms with Crippen molar-refractivity contribution in [3.8, 4) is 0 Å². The van der Waals surface area contributed by atoms with Gasteiger partial charge in [0.2, 0.25) is 0 Å². The molecule has 0 aliphatic carbocycles. The minimum absolute atomic E-state index is 0.217. The van der Waals surface area contributed by atoms with Crippen molar-refractivity contribution >= 4 is 12.0 Å². The van der Waals surface area contributed by atoms with Crippen molar-refractivity contribution in [3.63, 3.8) is 0 Å². The van der Waals surface area contributed by atoms with E-state index in [9.17, 15) is 4.79 Å². The Balaban J connectivity index is 2.46. The number of hydrogen-bond donors (Lipinski definition) is 0. The second-order valence-corrected chi connectivity index (χ2v) is 3.85. The van der Waals surface area contributed by atoms with Crippen LogP contribution in [0.3, 0.4) is 0 Å². The Kier molecular flexibility index (Phi) is 2.86. The maximum atomic E-state index is 11.1. The van der Waals surface area contributed by atoms with Crippen molar-refractivity contribution < 1.29 is 4.79 Å². The van der Waals surface area contributed by atoms with Crippen molar-refractivity contribution in [2.24, 2.45) is 0 Å². The molecule has 0 saturated carbocycles. The average Bonchev–Trinajstić information content (AvgIpc) is 2.30. The summed E-state index contributed by atoms with van der Waals surface area (Å²) in [7, 11) is 0. The molecule has 1 aromatic heterocycles. The number of carbonyl (C=O) groups is 1. The first-order valence-electron chi connectivity index (χ1n) is 5.24. The fourth-order valence-electron chi connectivity index (χ4n) is 1.90. The predicted octanol–water partition coefficient (Wildman–Crippen LogP) is 2.24. The molecule has 1 aliphatic rings. The molecule has 16 heavy (non-hydrogen) atoms. The molecule has 0 amide bonds. The number of carbonyl (C=O) groups excluding carboxylic acids is 1. The number of aryl methyl sites for hydroxylation is 1. The molecule has 0 fully saturated rings. The summed E-state index contributed by atoms with van der Waals surface area (Å²) in [5, 5.41) is 0. The third-order valence-corrected chi connectivity index (χ3v) is 2.71. The average molecular weight is 214 g/mol. The maximum absolute atomic E-state index is 11.1. The first kappa shape index (κ1) is 10.6. The van der Waals surface area contributed by atoms with Crippen LogP contribution in [0.25, 0.3) is 0 Å². The summed E-state index contributed by atoms with van der Waals surface area (Å²) in [5.41, 5.74) is 3.16. The zero-order valence-electron chi connectivity index (χ0n) is 9.42. The fourth-order valence-corrected chi connectivity index (χ4v) is 1.90. The van der Waals surface area contributed by atoms with E-state index in [4.69, 9.17) is 0 Å². The van der Waals surface area contributed by atoms with Gasteiger partial charge in [-0.25, -0.2) is 0 Å². The minimum atomic E-state index is -0.217. The molecule has 3 heteroatoms. The summed E-state index contributed by atoms with van der Waals surface area (Å²) < 4.78 is 0. The monoisotopic (exact) mass is 214 g/mol. The van der Waals surface area contributed by atoms with Crippen LogP contribution in [0.15, 0.2) is 42.4 Å². The maximum Gasteiger partial charge on any atom is 0.146 e. The van der Waals surface area contributed by atoms with Crippen LogP contribution in [0.4, 0.5) is 5.69 Å². The Hall–Kier alpha value is -1.90. The van der Waals surface area contributed by atoms with Gasteiger partial charge in [0, 0.05) is 23.8 Å². The fraction of sp³-hybridized carbons (Fsp3) is 0.231. The molecule has 0 bridgehead atoms. The second kappa shape index (κ2) is 4.31. The number of pyridine rings is 1. The van der Waals surface area contributed by atoms with Gasteiger partial charge < -0.3 is 9.69 Å². The zero-order chi connectivity index (χ0) is 11.5. The Morgan fingerprint density at radius 1 is 1.44 bits per heavy atom. The number of aromatic nitrogens is 1. The Morgan fingerprint density at radius 2 is 2.25 bits per heavy atom. The van der Waals surface area contributed by atoms with E-state index >= 15 is 0 Å². The molecule has 0 saturated heterocycles. The molecular weight excluding hydrogens is 200 g/mol. The molecule has 82 valence electrons. The molecular formula is C13H14N2O. The number of allylic oxidation sites excluding steroid dienone is 3. The van der Waals surface area contributed by atoms with Crippen LogP contribution in [0.5, 0.6) is 0 Å². The van der Waals surface area contributed by atoms with E-state index in [1.54, 1.807) is 6.20 Å². The van der Waals surface area contributed by atoms with E-state index in [0.29, 0.717) is 0 Å². The first-order valence-corrected chi connectivity index (χ1v) is 5.24. The van der Waals surface area contributed by atoms with E-state index in [2.05, 4.69) is 4.98 Å². The van der Waals surface area contributed by atoms with Gasteiger partial charge in [0.1, 0.15) is 12.3 Å². The van der Waals surface area contributed by atoms with E-state index in [0.717, 1.165) is 23.2 Å². The summed E-state index contributed by atoms with van der Waals surface area (Å²) in [5.74, 6) is 0. The lowest BCUT2D eigenvalue weighted by Crippen LogP contribution is -2.35. The van der Waals surface area contributed by atoms with Crippen molar-refractivity contribution in [2.75, 3.05) is 4.90 Å². The van der Waals surface area contributed by atoms with Crippen molar-refractivity contribution in [1.82, 2.24) is 4.98 Å². The second-order valence-electron chi connectivity index (χ2n) is 3.85. The molecule has 2 heterocycles. The Labute approximate surface area is 95.1 Å². The van der Waals surface area contributed by atoms with Crippen LogP contribution in [0.2, 0.25) is 0 Å². The molecule has 0 radical (unpaired) electrons. The lowest BCUT2D eigenvalue weighted by molar-refractivity contribution is -0.108. The van der Waals surface area contributed by atoms with Gasteiger partial charge in [-0.15, -0.1) is 0 Å². The third kappa shape index (κ3) is 1.76. The van der Waals surface area contributed by atoms with Gasteiger partial charge in [-0.1, -0.05) is 12.2 Å². The van der Waals surface area contributed by atoms with Crippen LogP contribution in [-0.2, 0) is 4.79 Å². The van der Waals surface area contributed by atoms with Gasteiger partial charge >= 0.3 is 0 Å². The molecule has 1 aliphatic heterocycles. The smallest absolute Gasteiger partial charge is 0.146 e. The standard InChI is InChI=1S/C13H14N2O/c1-10-8-14-7-6-13(10)15-11(2)4-3-5-12(15)9-16/h3-9,12H,1-2H3. The number of hydrogen-bond acceptors (Lipinski definition) is 3. The quantitative estimate of drug-likeness (QED) is 0.708. The summed E-state index contributed by atoms with van der Waals surface area (Å²) in [6.07, 6.45) is 10.3. The Morgan fingerprint density at radius 3 is 2.94 bits per heavy atom. The number of aldehydes is 1. The van der Waals surface area contributed by atoms with Crippen LogP contribution < -0.4 is 4.90 Å². The SMILES string of the molecule is CC1=CC=CC(C=O)N1c1ccncc1C. The lowest BCUT2D eigenvalue weighted by atomic mass is 10.1. The van der Waals surface area contributed by atoms with E-state index in [-0.39, 0.29) is 6.04 Å². The van der Waals surface area contributed by atoms with Gasteiger partial charge in [-0.05, 0) is 31.6 Å². The lowest BCUT2D eigenvalue weighted by Gasteiger charge is -2.32. The highest BCUT2D eigenvalue weighted by Gasteiger charge is 2.20. The number of rotatable bonds is 2. The Bertz CT molecular complexity index is 463. The molecule has 1 aromatic rings. The molecule has 2 rings (SSSR count). The predicted molar refractivity (Wildman–Crippen MR) is 64.2 cm³/mol. The van der Waals surface area contributed by atoms with Gasteiger partial charge in [0.05, 0.1) is 0 Å². The summed E-state index contributed by atoms with van der Waals surface area (Å²) in [4.78, 5) is 17.1. The highest BCUT2D eigenvalue weighted by atomic mass is 16.1. The van der Waals surface area contributed by atoms with Gasteiger partial charge in [0.25, 0.3) is 0 Å².